The lowest BCUT2D eigenvalue weighted by molar-refractivity contribution is -0.128. The lowest BCUT2D eigenvalue weighted by Gasteiger charge is -2.17. The van der Waals surface area contributed by atoms with E-state index >= 15 is 0 Å². The van der Waals surface area contributed by atoms with Gasteiger partial charge in [0.1, 0.15) is 5.75 Å². The minimum absolute atomic E-state index is 0.208. The Morgan fingerprint density at radius 2 is 2.04 bits per heavy atom. The van der Waals surface area contributed by atoms with E-state index in [0.29, 0.717) is 30.3 Å². The minimum atomic E-state index is -0.662. The molecule has 1 aliphatic heterocycles. The highest BCUT2D eigenvalue weighted by Crippen LogP contribution is 2.26. The van der Waals surface area contributed by atoms with Crippen LogP contribution >= 0.6 is 11.6 Å². The van der Waals surface area contributed by atoms with Crippen molar-refractivity contribution in [2.75, 3.05) is 6.54 Å². The predicted molar refractivity (Wildman–Crippen MR) is 109 cm³/mol. The van der Waals surface area contributed by atoms with Gasteiger partial charge < -0.3 is 15.0 Å². The monoisotopic (exact) mass is 400 g/mol. The lowest BCUT2D eigenvalue weighted by Crippen LogP contribution is -2.36. The number of rotatable bonds is 7. The smallest absolute Gasteiger partial charge is 0.261 e. The van der Waals surface area contributed by atoms with Crippen LogP contribution in [0.2, 0.25) is 5.02 Å². The molecule has 2 amide bonds. The number of nitrogens with zero attached hydrogens (tertiary/aromatic N) is 1. The maximum Gasteiger partial charge on any atom is 0.261 e. The second-order valence-electron chi connectivity index (χ2n) is 7.15. The molecule has 0 spiro atoms. The molecule has 1 fully saturated rings. The number of amides is 2. The minimum Gasteiger partial charge on any atom is -0.479 e. The second-order valence-corrected chi connectivity index (χ2v) is 7.56. The summed E-state index contributed by atoms with van der Waals surface area (Å²) in [7, 11) is 0. The molecule has 1 heterocycles. The van der Waals surface area contributed by atoms with E-state index in [1.807, 2.05) is 48.2 Å². The molecule has 1 unspecified atom stereocenters. The molecule has 1 saturated heterocycles. The Morgan fingerprint density at radius 1 is 1.25 bits per heavy atom. The maximum atomic E-state index is 12.4. The standard InChI is InChI=1S/C22H25ClN2O3/c1-15-8-9-19(23)20(11-15)28-16(2)22(27)24-13-17-5-3-6-18(12-17)14-25-10-4-7-21(25)26/h3,5-6,8-9,11-12,16H,4,7,10,13-14H2,1-2H3,(H,24,27). The molecule has 0 radical (unpaired) electrons. The summed E-state index contributed by atoms with van der Waals surface area (Å²) in [6, 6.07) is 13.4. The second kappa shape index (κ2) is 9.11. The molecule has 1 N–H and O–H groups in total. The van der Waals surface area contributed by atoms with E-state index in [4.69, 9.17) is 16.3 Å². The third-order valence-corrected chi connectivity index (χ3v) is 5.07. The average Bonchev–Trinajstić information content (AvgIpc) is 3.07. The van der Waals surface area contributed by atoms with Crippen LogP contribution in [-0.2, 0) is 22.7 Å². The average molecular weight is 401 g/mol. The van der Waals surface area contributed by atoms with Crippen LogP contribution in [0.5, 0.6) is 5.75 Å². The van der Waals surface area contributed by atoms with Crippen molar-refractivity contribution in [3.05, 3.63) is 64.2 Å². The molecule has 28 heavy (non-hydrogen) atoms. The van der Waals surface area contributed by atoms with Crippen molar-refractivity contribution in [2.45, 2.75) is 45.9 Å². The Hall–Kier alpha value is -2.53. The van der Waals surface area contributed by atoms with Gasteiger partial charge in [0, 0.05) is 26.1 Å². The van der Waals surface area contributed by atoms with Gasteiger partial charge in [0.25, 0.3) is 5.91 Å². The van der Waals surface area contributed by atoms with Gasteiger partial charge in [-0.25, -0.2) is 0 Å². The van der Waals surface area contributed by atoms with Crippen LogP contribution in [0, 0.1) is 6.92 Å². The number of aryl methyl sites for hydroxylation is 1. The maximum absolute atomic E-state index is 12.4. The first-order chi connectivity index (χ1) is 13.4. The van der Waals surface area contributed by atoms with E-state index in [-0.39, 0.29) is 11.8 Å². The largest absolute Gasteiger partial charge is 0.479 e. The first-order valence-corrected chi connectivity index (χ1v) is 9.86. The summed E-state index contributed by atoms with van der Waals surface area (Å²) in [6.07, 6.45) is 0.903. The van der Waals surface area contributed by atoms with Gasteiger partial charge in [-0.2, -0.15) is 0 Å². The molecule has 0 saturated carbocycles. The Morgan fingerprint density at radius 3 is 2.79 bits per heavy atom. The molecule has 148 valence electrons. The topological polar surface area (TPSA) is 58.6 Å². The van der Waals surface area contributed by atoms with Crippen molar-refractivity contribution in [1.82, 2.24) is 10.2 Å². The first-order valence-electron chi connectivity index (χ1n) is 9.48. The molecule has 0 aliphatic carbocycles. The summed E-state index contributed by atoms with van der Waals surface area (Å²) in [5, 5.41) is 3.38. The van der Waals surface area contributed by atoms with Gasteiger partial charge in [0.15, 0.2) is 6.10 Å². The number of halogens is 1. The Balaban J connectivity index is 1.54. The number of benzene rings is 2. The fraction of sp³-hybridized carbons (Fsp3) is 0.364. The Labute approximate surface area is 170 Å². The van der Waals surface area contributed by atoms with Crippen LogP contribution < -0.4 is 10.1 Å². The van der Waals surface area contributed by atoms with Gasteiger partial charge in [-0.1, -0.05) is 41.9 Å². The van der Waals surface area contributed by atoms with Crippen molar-refractivity contribution in [3.63, 3.8) is 0 Å². The van der Waals surface area contributed by atoms with Crippen molar-refractivity contribution in [1.29, 1.82) is 0 Å². The van der Waals surface area contributed by atoms with Crippen LogP contribution in [0.3, 0.4) is 0 Å². The third-order valence-electron chi connectivity index (χ3n) is 4.76. The molecule has 2 aromatic rings. The van der Waals surface area contributed by atoms with Crippen molar-refractivity contribution in [2.24, 2.45) is 0 Å². The van der Waals surface area contributed by atoms with Gasteiger partial charge in [-0.15, -0.1) is 0 Å². The zero-order valence-electron chi connectivity index (χ0n) is 16.2. The van der Waals surface area contributed by atoms with Crippen LogP contribution in [-0.4, -0.2) is 29.4 Å². The fourth-order valence-corrected chi connectivity index (χ4v) is 3.37. The number of hydrogen-bond acceptors (Lipinski definition) is 3. The Kier molecular flexibility index (Phi) is 6.57. The lowest BCUT2D eigenvalue weighted by atomic mass is 10.1. The zero-order valence-corrected chi connectivity index (χ0v) is 17.0. The molecule has 1 aliphatic rings. The van der Waals surface area contributed by atoms with Crippen LogP contribution in [0.25, 0.3) is 0 Å². The fourth-order valence-electron chi connectivity index (χ4n) is 3.21. The first kappa shape index (κ1) is 20.2. The molecule has 0 aromatic heterocycles. The van der Waals surface area contributed by atoms with Crippen molar-refractivity contribution in [3.8, 4) is 5.75 Å². The van der Waals surface area contributed by atoms with Crippen LogP contribution in [0.4, 0.5) is 0 Å². The summed E-state index contributed by atoms with van der Waals surface area (Å²) in [5.74, 6) is 0.499. The van der Waals surface area contributed by atoms with Crippen LogP contribution in [0.1, 0.15) is 36.5 Å². The Bertz CT molecular complexity index is 869. The van der Waals surface area contributed by atoms with E-state index in [1.165, 1.54) is 0 Å². The SMILES string of the molecule is Cc1ccc(Cl)c(OC(C)C(=O)NCc2cccc(CN3CCCC3=O)c2)c1. The molecule has 6 heteroatoms. The quantitative estimate of drug-likeness (QED) is 0.767. The van der Waals surface area contributed by atoms with Crippen LogP contribution in [0.15, 0.2) is 42.5 Å². The van der Waals surface area contributed by atoms with Gasteiger partial charge >= 0.3 is 0 Å². The number of carbonyl (C=O) groups excluding carboxylic acids is 2. The molecular formula is C22H25ClN2O3. The van der Waals surface area contributed by atoms with E-state index < -0.39 is 6.10 Å². The number of hydrogen-bond donors (Lipinski definition) is 1. The third kappa shape index (κ3) is 5.26. The highest BCUT2D eigenvalue weighted by molar-refractivity contribution is 6.32. The van der Waals surface area contributed by atoms with E-state index in [1.54, 1.807) is 13.0 Å². The van der Waals surface area contributed by atoms with E-state index in [2.05, 4.69) is 5.32 Å². The molecule has 1 atom stereocenters. The molecule has 3 rings (SSSR count). The summed E-state index contributed by atoms with van der Waals surface area (Å²) in [6.45, 7) is 5.47. The van der Waals surface area contributed by atoms with Gasteiger partial charge in [-0.05, 0) is 49.1 Å². The molecular weight excluding hydrogens is 376 g/mol. The highest BCUT2D eigenvalue weighted by Gasteiger charge is 2.20. The number of nitrogens with one attached hydrogen (secondary N) is 1. The summed E-state index contributed by atoms with van der Waals surface area (Å²) >= 11 is 6.13. The normalized spacial score (nSPS) is 14.8. The van der Waals surface area contributed by atoms with E-state index in [0.717, 1.165) is 29.7 Å². The summed E-state index contributed by atoms with van der Waals surface area (Å²) < 4.78 is 5.71. The summed E-state index contributed by atoms with van der Waals surface area (Å²) in [5.41, 5.74) is 3.07. The molecule has 2 aromatic carbocycles. The van der Waals surface area contributed by atoms with Gasteiger partial charge in [-0.3, -0.25) is 9.59 Å². The van der Waals surface area contributed by atoms with Crippen molar-refractivity contribution >= 4 is 23.4 Å². The number of carbonyl (C=O) groups is 2. The van der Waals surface area contributed by atoms with Gasteiger partial charge in [0.05, 0.1) is 5.02 Å². The predicted octanol–water partition coefficient (Wildman–Crippen LogP) is 3.85. The van der Waals surface area contributed by atoms with Crippen molar-refractivity contribution < 1.29 is 14.3 Å². The zero-order chi connectivity index (χ0) is 20.1. The molecule has 5 nitrogen and oxygen atoms in total. The van der Waals surface area contributed by atoms with Gasteiger partial charge in [0.2, 0.25) is 5.91 Å². The highest BCUT2D eigenvalue weighted by atomic mass is 35.5. The van der Waals surface area contributed by atoms with E-state index in [9.17, 15) is 9.59 Å². The number of likely N-dealkylation sites (tertiary alicyclic amines) is 1. The molecule has 0 bridgehead atoms. The summed E-state index contributed by atoms with van der Waals surface area (Å²) in [4.78, 5) is 26.1. The number of ether oxygens (including phenoxy) is 1.